The molecule has 0 unspecified atom stereocenters. The molecule has 1 aromatic heterocycles. The maximum atomic E-state index is 6.16. The van der Waals surface area contributed by atoms with Gasteiger partial charge < -0.3 is 10.3 Å². The van der Waals surface area contributed by atoms with Crippen molar-refractivity contribution in [2.45, 2.75) is 24.8 Å². The number of aromatic nitrogens is 1. The lowest BCUT2D eigenvalue weighted by molar-refractivity contribution is 0.642. The first kappa shape index (κ1) is 8.98. The summed E-state index contributed by atoms with van der Waals surface area (Å²) in [4.78, 5) is 0. The second-order valence-corrected chi connectivity index (χ2v) is 4.79. The first-order valence-electron chi connectivity index (χ1n) is 5.50. The summed E-state index contributed by atoms with van der Waals surface area (Å²) in [6.45, 7) is 0. The van der Waals surface area contributed by atoms with Crippen LogP contribution in [0.15, 0.2) is 30.3 Å². The zero-order chi connectivity index (χ0) is 10.5. The molecule has 0 saturated heterocycles. The van der Waals surface area contributed by atoms with Crippen molar-refractivity contribution >= 4 is 10.9 Å². The molecule has 2 nitrogen and oxygen atoms in total. The van der Waals surface area contributed by atoms with Crippen molar-refractivity contribution in [2.75, 3.05) is 0 Å². The van der Waals surface area contributed by atoms with E-state index < -0.39 is 0 Å². The third-order valence-corrected chi connectivity index (χ3v) is 3.48. The molecule has 1 heterocycles. The predicted molar refractivity (Wildman–Crippen MR) is 62.8 cm³/mol. The van der Waals surface area contributed by atoms with Crippen LogP contribution in [0.3, 0.4) is 0 Å². The predicted octanol–water partition coefficient (Wildman–Crippen LogP) is 2.21. The average Bonchev–Trinajstić information content (AvgIpc) is 2.87. The zero-order valence-electron chi connectivity index (χ0n) is 9.03. The van der Waals surface area contributed by atoms with Gasteiger partial charge in [0.1, 0.15) is 0 Å². The fourth-order valence-corrected chi connectivity index (χ4v) is 2.21. The minimum absolute atomic E-state index is 0.0993. The van der Waals surface area contributed by atoms with Gasteiger partial charge in [0.2, 0.25) is 0 Å². The second kappa shape index (κ2) is 2.86. The largest absolute Gasteiger partial charge is 0.348 e. The minimum Gasteiger partial charge on any atom is -0.348 e. The van der Waals surface area contributed by atoms with Gasteiger partial charge in [-0.15, -0.1) is 0 Å². The summed E-state index contributed by atoms with van der Waals surface area (Å²) >= 11 is 0. The fourth-order valence-electron chi connectivity index (χ4n) is 2.21. The van der Waals surface area contributed by atoms with Crippen molar-refractivity contribution in [1.82, 2.24) is 4.57 Å². The highest BCUT2D eigenvalue weighted by Crippen LogP contribution is 2.36. The molecule has 1 aliphatic carbocycles. The van der Waals surface area contributed by atoms with Gasteiger partial charge in [0, 0.05) is 30.2 Å². The summed E-state index contributed by atoms with van der Waals surface area (Å²) in [7, 11) is 2.13. The molecule has 2 N–H and O–H groups in total. The number of hydrogen-bond acceptors (Lipinski definition) is 1. The third-order valence-electron chi connectivity index (χ3n) is 3.48. The molecule has 78 valence electrons. The van der Waals surface area contributed by atoms with Gasteiger partial charge in [-0.25, -0.2) is 0 Å². The molecule has 0 aliphatic heterocycles. The van der Waals surface area contributed by atoms with Gasteiger partial charge in [-0.3, -0.25) is 0 Å². The van der Waals surface area contributed by atoms with E-state index in [4.69, 9.17) is 5.73 Å². The van der Waals surface area contributed by atoms with Crippen LogP contribution < -0.4 is 5.73 Å². The van der Waals surface area contributed by atoms with E-state index in [-0.39, 0.29) is 5.54 Å². The third kappa shape index (κ3) is 1.45. The molecular formula is C13H16N2. The highest BCUT2D eigenvalue weighted by Gasteiger charge is 2.38. The number of aryl methyl sites for hydroxylation is 1. The van der Waals surface area contributed by atoms with Gasteiger partial charge in [-0.05, 0) is 30.4 Å². The molecule has 2 heteroatoms. The Morgan fingerprint density at radius 3 is 2.73 bits per heavy atom. The number of fused-ring (bicyclic) bond motifs is 1. The van der Waals surface area contributed by atoms with E-state index in [0.29, 0.717) is 0 Å². The molecule has 0 amide bonds. The number of para-hydroxylation sites is 1. The van der Waals surface area contributed by atoms with Crippen LogP contribution in [-0.2, 0) is 13.5 Å². The van der Waals surface area contributed by atoms with Crippen molar-refractivity contribution in [1.29, 1.82) is 0 Å². The molecule has 15 heavy (non-hydrogen) atoms. The molecule has 0 radical (unpaired) electrons. The molecule has 3 rings (SSSR count). The number of benzene rings is 1. The van der Waals surface area contributed by atoms with Crippen LogP contribution in [0, 0.1) is 0 Å². The number of rotatable bonds is 2. The van der Waals surface area contributed by atoms with Crippen molar-refractivity contribution in [3.8, 4) is 0 Å². The van der Waals surface area contributed by atoms with Crippen LogP contribution >= 0.6 is 0 Å². The van der Waals surface area contributed by atoms with E-state index in [9.17, 15) is 0 Å². The van der Waals surface area contributed by atoms with E-state index in [1.807, 2.05) is 0 Å². The van der Waals surface area contributed by atoms with Crippen molar-refractivity contribution in [3.05, 3.63) is 36.0 Å². The number of nitrogens with zero attached hydrogens (tertiary/aromatic N) is 1. The highest BCUT2D eigenvalue weighted by atomic mass is 15.0. The molecule has 0 spiro atoms. The molecule has 0 bridgehead atoms. The van der Waals surface area contributed by atoms with Crippen LogP contribution in [-0.4, -0.2) is 10.1 Å². The number of hydrogen-bond donors (Lipinski definition) is 1. The van der Waals surface area contributed by atoms with Gasteiger partial charge in [0.15, 0.2) is 0 Å². The highest BCUT2D eigenvalue weighted by molar-refractivity contribution is 5.81. The Balaban J connectivity index is 2.07. The lowest BCUT2D eigenvalue weighted by Gasteiger charge is -2.09. The molecule has 1 aliphatic rings. The quantitative estimate of drug-likeness (QED) is 0.791. The lowest BCUT2D eigenvalue weighted by Crippen LogP contribution is -2.25. The first-order valence-corrected chi connectivity index (χ1v) is 5.50. The van der Waals surface area contributed by atoms with Gasteiger partial charge in [-0.1, -0.05) is 18.2 Å². The Morgan fingerprint density at radius 1 is 1.33 bits per heavy atom. The monoisotopic (exact) mass is 200 g/mol. The van der Waals surface area contributed by atoms with E-state index in [2.05, 4.69) is 41.9 Å². The lowest BCUT2D eigenvalue weighted by atomic mass is 10.1. The Labute approximate surface area is 89.7 Å². The summed E-state index contributed by atoms with van der Waals surface area (Å²) in [6.07, 6.45) is 3.36. The van der Waals surface area contributed by atoms with Crippen LogP contribution in [0.2, 0.25) is 0 Å². The van der Waals surface area contributed by atoms with E-state index in [0.717, 1.165) is 6.42 Å². The molecule has 1 fully saturated rings. The molecule has 1 aromatic carbocycles. The summed E-state index contributed by atoms with van der Waals surface area (Å²) in [6, 6.07) is 10.8. The van der Waals surface area contributed by atoms with Crippen LogP contribution in [0.25, 0.3) is 10.9 Å². The van der Waals surface area contributed by atoms with Gasteiger partial charge >= 0.3 is 0 Å². The smallest absolute Gasteiger partial charge is 0.0479 e. The average molecular weight is 200 g/mol. The SMILES string of the molecule is Cn1c(CC2(N)CC2)cc2ccccc21. The van der Waals surface area contributed by atoms with Crippen LogP contribution in [0.5, 0.6) is 0 Å². The molecule has 1 saturated carbocycles. The van der Waals surface area contributed by atoms with Gasteiger partial charge in [0.25, 0.3) is 0 Å². The maximum absolute atomic E-state index is 6.16. The normalized spacial score (nSPS) is 18.3. The van der Waals surface area contributed by atoms with E-state index >= 15 is 0 Å². The van der Waals surface area contributed by atoms with Crippen molar-refractivity contribution < 1.29 is 0 Å². The summed E-state index contributed by atoms with van der Waals surface area (Å²) in [5, 5.41) is 1.32. The van der Waals surface area contributed by atoms with Crippen molar-refractivity contribution in [3.63, 3.8) is 0 Å². The van der Waals surface area contributed by atoms with E-state index in [1.165, 1.54) is 29.4 Å². The number of nitrogens with two attached hydrogens (primary N) is 1. The van der Waals surface area contributed by atoms with E-state index in [1.54, 1.807) is 0 Å². The Morgan fingerprint density at radius 2 is 2.07 bits per heavy atom. The maximum Gasteiger partial charge on any atom is 0.0479 e. The Bertz CT molecular complexity index is 506. The zero-order valence-corrected chi connectivity index (χ0v) is 9.03. The fraction of sp³-hybridized carbons (Fsp3) is 0.385. The standard InChI is InChI=1S/C13H16N2/c1-15-11(9-13(14)6-7-13)8-10-4-2-3-5-12(10)15/h2-5,8H,6-7,9,14H2,1H3. The Kier molecular flexibility index (Phi) is 1.71. The molecule has 0 atom stereocenters. The second-order valence-electron chi connectivity index (χ2n) is 4.79. The topological polar surface area (TPSA) is 30.9 Å². The first-order chi connectivity index (χ1) is 7.18. The van der Waals surface area contributed by atoms with Gasteiger partial charge in [-0.2, -0.15) is 0 Å². The molecular weight excluding hydrogens is 184 g/mol. The van der Waals surface area contributed by atoms with Crippen molar-refractivity contribution in [2.24, 2.45) is 12.8 Å². The minimum atomic E-state index is 0.0993. The van der Waals surface area contributed by atoms with Gasteiger partial charge in [0.05, 0.1) is 0 Å². The van der Waals surface area contributed by atoms with Crippen LogP contribution in [0.4, 0.5) is 0 Å². The Hall–Kier alpha value is -1.28. The summed E-state index contributed by atoms with van der Waals surface area (Å²) < 4.78 is 2.27. The van der Waals surface area contributed by atoms with Crippen LogP contribution in [0.1, 0.15) is 18.5 Å². The summed E-state index contributed by atoms with van der Waals surface area (Å²) in [5.74, 6) is 0. The molecule has 2 aromatic rings. The summed E-state index contributed by atoms with van der Waals surface area (Å²) in [5.41, 5.74) is 8.92.